The summed E-state index contributed by atoms with van der Waals surface area (Å²) in [4.78, 5) is 15.3. The van der Waals surface area contributed by atoms with Crippen molar-refractivity contribution >= 4 is 16.9 Å². The van der Waals surface area contributed by atoms with Crippen LogP contribution in [0.2, 0.25) is 0 Å². The van der Waals surface area contributed by atoms with Crippen molar-refractivity contribution in [3.63, 3.8) is 0 Å². The number of hydrogen-bond acceptors (Lipinski definition) is 2. The Bertz CT molecular complexity index is 946. The lowest BCUT2D eigenvalue weighted by molar-refractivity contribution is -0.143. The van der Waals surface area contributed by atoms with E-state index in [1.54, 1.807) is 0 Å². The Morgan fingerprint density at radius 3 is 2.59 bits per heavy atom. The molecular formula is C24H29NO2. The number of carbonyl (C=O) groups is 1. The van der Waals surface area contributed by atoms with Crippen molar-refractivity contribution in [1.29, 1.82) is 0 Å². The molecule has 0 saturated carbocycles. The van der Waals surface area contributed by atoms with Gasteiger partial charge in [-0.2, -0.15) is 0 Å². The van der Waals surface area contributed by atoms with Crippen LogP contribution in [0.4, 0.5) is 0 Å². The maximum atomic E-state index is 11.8. The fourth-order valence-electron chi connectivity index (χ4n) is 3.35. The van der Waals surface area contributed by atoms with Gasteiger partial charge in [0.05, 0.1) is 13.0 Å². The molecular weight excluding hydrogens is 334 g/mol. The zero-order valence-corrected chi connectivity index (χ0v) is 16.9. The standard InChI is InChI=1S/C24H29NO2/c1-6-27-23(26)12-16(2)17-10-11-21-19(13-17)15-22(25-21)18-8-7-9-20(14-18)24(3,4)5/h7-11,13-16,25H,6,12H2,1-5H3. The normalized spacial score (nSPS) is 12.9. The van der Waals surface area contributed by atoms with Crippen LogP contribution < -0.4 is 0 Å². The van der Waals surface area contributed by atoms with E-state index < -0.39 is 0 Å². The first kappa shape index (κ1) is 19.2. The molecule has 3 rings (SSSR count). The summed E-state index contributed by atoms with van der Waals surface area (Å²) in [7, 11) is 0. The molecule has 0 aliphatic carbocycles. The van der Waals surface area contributed by atoms with Crippen molar-refractivity contribution in [2.45, 2.75) is 52.4 Å². The lowest BCUT2D eigenvalue weighted by atomic mass is 9.86. The van der Waals surface area contributed by atoms with E-state index in [1.165, 1.54) is 16.5 Å². The summed E-state index contributed by atoms with van der Waals surface area (Å²) >= 11 is 0. The highest BCUT2D eigenvalue weighted by Crippen LogP contribution is 2.31. The zero-order chi connectivity index (χ0) is 19.6. The van der Waals surface area contributed by atoms with Crippen LogP contribution in [0, 0.1) is 0 Å². The fraction of sp³-hybridized carbons (Fsp3) is 0.375. The quantitative estimate of drug-likeness (QED) is 0.549. The maximum absolute atomic E-state index is 11.8. The molecule has 1 unspecified atom stereocenters. The Labute approximate surface area is 161 Å². The molecule has 0 aliphatic heterocycles. The third-order valence-electron chi connectivity index (χ3n) is 5.03. The number of benzene rings is 2. The van der Waals surface area contributed by atoms with Crippen LogP contribution in [-0.4, -0.2) is 17.6 Å². The van der Waals surface area contributed by atoms with Gasteiger partial charge in [-0.15, -0.1) is 0 Å². The number of fused-ring (bicyclic) bond motifs is 1. The van der Waals surface area contributed by atoms with Crippen LogP contribution in [0.1, 0.15) is 58.1 Å². The number of carbonyl (C=O) groups excluding carboxylic acids is 1. The zero-order valence-electron chi connectivity index (χ0n) is 16.9. The molecule has 1 N–H and O–H groups in total. The van der Waals surface area contributed by atoms with Gasteiger partial charge in [-0.05, 0) is 59.2 Å². The van der Waals surface area contributed by atoms with E-state index in [-0.39, 0.29) is 17.3 Å². The number of H-pyrrole nitrogens is 1. The van der Waals surface area contributed by atoms with Crippen LogP contribution in [0.15, 0.2) is 48.5 Å². The van der Waals surface area contributed by atoms with Crippen molar-refractivity contribution < 1.29 is 9.53 Å². The Morgan fingerprint density at radius 1 is 1.11 bits per heavy atom. The van der Waals surface area contributed by atoms with Gasteiger partial charge >= 0.3 is 5.97 Å². The van der Waals surface area contributed by atoms with E-state index in [0.29, 0.717) is 13.0 Å². The lowest BCUT2D eigenvalue weighted by Crippen LogP contribution is -2.10. The van der Waals surface area contributed by atoms with E-state index in [2.05, 4.69) is 81.2 Å². The molecule has 0 radical (unpaired) electrons. The van der Waals surface area contributed by atoms with Gasteiger partial charge in [-0.1, -0.05) is 52.0 Å². The highest BCUT2D eigenvalue weighted by atomic mass is 16.5. The minimum Gasteiger partial charge on any atom is -0.466 e. The van der Waals surface area contributed by atoms with E-state index in [1.807, 2.05) is 6.92 Å². The summed E-state index contributed by atoms with van der Waals surface area (Å²) in [6, 6.07) is 17.3. The largest absolute Gasteiger partial charge is 0.466 e. The van der Waals surface area contributed by atoms with Gasteiger partial charge in [0.15, 0.2) is 0 Å². The molecule has 0 bridgehead atoms. The minimum absolute atomic E-state index is 0.123. The molecule has 0 amide bonds. The van der Waals surface area contributed by atoms with Crippen molar-refractivity contribution in [2.75, 3.05) is 6.61 Å². The second-order valence-corrected chi connectivity index (χ2v) is 8.27. The topological polar surface area (TPSA) is 42.1 Å². The molecule has 0 spiro atoms. The summed E-state index contributed by atoms with van der Waals surface area (Å²) in [5.41, 5.74) is 6.02. The Hall–Kier alpha value is -2.55. The summed E-state index contributed by atoms with van der Waals surface area (Å²) in [6.07, 6.45) is 0.407. The van der Waals surface area contributed by atoms with Gasteiger partial charge in [-0.25, -0.2) is 0 Å². The van der Waals surface area contributed by atoms with Gasteiger partial charge in [0.2, 0.25) is 0 Å². The first-order valence-electron chi connectivity index (χ1n) is 9.67. The number of ether oxygens (including phenoxy) is 1. The van der Waals surface area contributed by atoms with Crippen molar-refractivity contribution in [3.05, 3.63) is 59.7 Å². The molecule has 0 aliphatic rings. The minimum atomic E-state index is -0.140. The van der Waals surface area contributed by atoms with Gasteiger partial charge in [0, 0.05) is 16.6 Å². The molecule has 27 heavy (non-hydrogen) atoms. The third kappa shape index (κ3) is 4.41. The van der Waals surface area contributed by atoms with Gasteiger partial charge in [0.25, 0.3) is 0 Å². The molecule has 142 valence electrons. The SMILES string of the molecule is CCOC(=O)CC(C)c1ccc2[nH]c(-c3cccc(C(C)(C)C)c3)cc2c1. The molecule has 2 aromatic carbocycles. The van der Waals surface area contributed by atoms with Gasteiger partial charge < -0.3 is 9.72 Å². The predicted molar refractivity (Wildman–Crippen MR) is 112 cm³/mol. The van der Waals surface area contributed by atoms with E-state index in [4.69, 9.17) is 4.74 Å². The van der Waals surface area contributed by atoms with E-state index in [0.717, 1.165) is 16.8 Å². The number of aromatic amines is 1. The summed E-state index contributed by atoms with van der Waals surface area (Å²) in [5.74, 6) is -0.00475. The van der Waals surface area contributed by atoms with Crippen LogP contribution in [0.5, 0.6) is 0 Å². The molecule has 0 saturated heterocycles. The number of hydrogen-bond donors (Lipinski definition) is 1. The molecule has 1 heterocycles. The summed E-state index contributed by atoms with van der Waals surface area (Å²) < 4.78 is 5.08. The molecule has 1 aromatic heterocycles. The monoisotopic (exact) mass is 363 g/mol. The number of esters is 1. The van der Waals surface area contributed by atoms with Gasteiger partial charge in [0.1, 0.15) is 0 Å². The van der Waals surface area contributed by atoms with E-state index >= 15 is 0 Å². The smallest absolute Gasteiger partial charge is 0.306 e. The first-order chi connectivity index (χ1) is 12.8. The van der Waals surface area contributed by atoms with Crippen LogP contribution in [-0.2, 0) is 14.9 Å². The Morgan fingerprint density at radius 2 is 1.89 bits per heavy atom. The van der Waals surface area contributed by atoms with Crippen LogP contribution in [0.3, 0.4) is 0 Å². The summed E-state index contributed by atoms with van der Waals surface area (Å²) in [5, 5.41) is 1.17. The highest BCUT2D eigenvalue weighted by Gasteiger charge is 2.16. The Balaban J connectivity index is 1.89. The lowest BCUT2D eigenvalue weighted by Gasteiger charge is -2.19. The number of aromatic nitrogens is 1. The average Bonchev–Trinajstić information content (AvgIpc) is 3.04. The second kappa shape index (κ2) is 7.59. The Kier molecular flexibility index (Phi) is 5.41. The molecule has 1 atom stereocenters. The second-order valence-electron chi connectivity index (χ2n) is 8.27. The third-order valence-corrected chi connectivity index (χ3v) is 5.03. The molecule has 3 heteroatoms. The molecule has 3 nitrogen and oxygen atoms in total. The number of nitrogens with one attached hydrogen (secondary N) is 1. The predicted octanol–water partition coefficient (Wildman–Crippen LogP) is 6.19. The van der Waals surface area contributed by atoms with E-state index in [9.17, 15) is 4.79 Å². The van der Waals surface area contributed by atoms with Gasteiger partial charge in [-0.3, -0.25) is 4.79 Å². The average molecular weight is 364 g/mol. The molecule has 0 fully saturated rings. The highest BCUT2D eigenvalue weighted by molar-refractivity contribution is 5.86. The molecule has 3 aromatic rings. The van der Waals surface area contributed by atoms with Crippen molar-refractivity contribution in [3.8, 4) is 11.3 Å². The van der Waals surface area contributed by atoms with Crippen molar-refractivity contribution in [1.82, 2.24) is 4.98 Å². The van der Waals surface area contributed by atoms with Crippen LogP contribution in [0.25, 0.3) is 22.2 Å². The van der Waals surface area contributed by atoms with Crippen molar-refractivity contribution in [2.24, 2.45) is 0 Å². The fourth-order valence-corrected chi connectivity index (χ4v) is 3.35. The number of rotatable bonds is 5. The summed E-state index contributed by atoms with van der Waals surface area (Å²) in [6.45, 7) is 11.0. The maximum Gasteiger partial charge on any atom is 0.306 e. The first-order valence-corrected chi connectivity index (χ1v) is 9.67. The van der Waals surface area contributed by atoms with Crippen LogP contribution >= 0.6 is 0 Å².